The molecule has 1 aliphatic carbocycles. The smallest absolute Gasteiger partial charge is 0.133 e. The lowest BCUT2D eigenvalue weighted by atomic mass is 9.69. The van der Waals surface area contributed by atoms with Gasteiger partial charge in [-0.25, -0.2) is 9.38 Å². The Morgan fingerprint density at radius 2 is 1.47 bits per heavy atom. The lowest BCUT2D eigenvalue weighted by Crippen LogP contribution is -2.52. The number of hydrogen-bond acceptors (Lipinski definition) is 3. The normalized spacial score (nSPS) is 24.4. The molecule has 5 heteroatoms. The van der Waals surface area contributed by atoms with Gasteiger partial charge in [-0.2, -0.15) is 0 Å². The molecule has 180 valence electrons. The van der Waals surface area contributed by atoms with E-state index in [1.165, 1.54) is 55.2 Å². The Hall–Kier alpha value is -2.11. The minimum absolute atomic E-state index is 0.0787. The predicted octanol–water partition coefficient (Wildman–Crippen LogP) is 7.43. The van der Waals surface area contributed by atoms with Crippen LogP contribution < -0.4 is 4.90 Å². The number of aliphatic imine (C=N–C) groups is 1. The first-order valence-electron chi connectivity index (χ1n) is 12.9. The molecule has 2 saturated heterocycles. The van der Waals surface area contributed by atoms with Crippen LogP contribution in [-0.4, -0.2) is 34.9 Å². The molecule has 2 aromatic carbocycles. The van der Waals surface area contributed by atoms with Gasteiger partial charge < -0.3 is 0 Å². The largest absolute Gasteiger partial charge is 0.293 e. The van der Waals surface area contributed by atoms with E-state index < -0.39 is 0 Å². The maximum Gasteiger partial charge on any atom is 0.133 e. The summed E-state index contributed by atoms with van der Waals surface area (Å²) in [6.07, 6.45) is 9.65. The average molecular weight is 478 g/mol. The number of amidine groups is 1. The standard InChI is InChI=1S/C29H36FN3S/c1-20-18-21(2)25(22(3)19-20)31-27-26(32-16-8-5-9-17-32)29(14-6-4-7-15-29)28(34)33(27)24-12-10-23(30)11-13-24/h10-13,18-19,26H,4-9,14-17H2,1-3H3/t26-/m1/s1. The second kappa shape index (κ2) is 9.50. The van der Waals surface area contributed by atoms with Crippen molar-refractivity contribution in [3.05, 3.63) is 58.9 Å². The number of thiocarbonyl (C=S) groups is 1. The van der Waals surface area contributed by atoms with Crippen molar-refractivity contribution in [3.8, 4) is 0 Å². The summed E-state index contributed by atoms with van der Waals surface area (Å²) in [5.74, 6) is 0.813. The van der Waals surface area contributed by atoms with Crippen LogP contribution in [0.4, 0.5) is 15.8 Å². The molecule has 2 aliphatic heterocycles. The molecule has 0 N–H and O–H groups in total. The van der Waals surface area contributed by atoms with Gasteiger partial charge in [-0.1, -0.05) is 55.6 Å². The van der Waals surface area contributed by atoms with E-state index in [1.807, 2.05) is 12.1 Å². The molecule has 3 aliphatic rings. The maximum absolute atomic E-state index is 13.9. The van der Waals surface area contributed by atoms with Crippen molar-refractivity contribution < 1.29 is 4.39 Å². The molecule has 2 heterocycles. The van der Waals surface area contributed by atoms with Crippen LogP contribution in [0.2, 0.25) is 0 Å². The molecule has 5 rings (SSSR count). The van der Waals surface area contributed by atoms with Gasteiger partial charge in [0.1, 0.15) is 11.7 Å². The van der Waals surface area contributed by atoms with Crippen molar-refractivity contribution in [3.63, 3.8) is 0 Å². The van der Waals surface area contributed by atoms with Crippen molar-refractivity contribution in [1.29, 1.82) is 0 Å². The Bertz CT molecular complexity index is 1070. The van der Waals surface area contributed by atoms with Gasteiger partial charge in [0, 0.05) is 11.1 Å². The molecule has 0 radical (unpaired) electrons. The first-order chi connectivity index (χ1) is 16.4. The molecule has 2 aromatic rings. The highest BCUT2D eigenvalue weighted by Crippen LogP contribution is 2.51. The fourth-order valence-electron chi connectivity index (χ4n) is 6.59. The highest BCUT2D eigenvalue weighted by molar-refractivity contribution is 7.80. The fourth-order valence-corrected chi connectivity index (χ4v) is 7.10. The van der Waals surface area contributed by atoms with Crippen molar-refractivity contribution >= 4 is 34.4 Å². The van der Waals surface area contributed by atoms with E-state index in [0.29, 0.717) is 0 Å². The van der Waals surface area contributed by atoms with Gasteiger partial charge >= 0.3 is 0 Å². The Morgan fingerprint density at radius 1 is 0.882 bits per heavy atom. The van der Waals surface area contributed by atoms with Gasteiger partial charge in [-0.3, -0.25) is 9.80 Å². The van der Waals surface area contributed by atoms with Gasteiger partial charge in [-0.15, -0.1) is 0 Å². The van der Waals surface area contributed by atoms with Crippen molar-refractivity contribution in [2.24, 2.45) is 10.4 Å². The highest BCUT2D eigenvalue weighted by atomic mass is 32.1. The summed E-state index contributed by atoms with van der Waals surface area (Å²) in [6.45, 7) is 8.64. The molecule has 34 heavy (non-hydrogen) atoms. The molecule has 0 amide bonds. The number of aryl methyl sites for hydroxylation is 3. The fraction of sp³-hybridized carbons (Fsp3) is 0.517. The van der Waals surface area contributed by atoms with Crippen LogP contribution in [0.15, 0.2) is 41.4 Å². The van der Waals surface area contributed by atoms with Crippen LogP contribution in [-0.2, 0) is 0 Å². The molecule has 0 bridgehead atoms. The summed E-state index contributed by atoms with van der Waals surface area (Å²) in [6, 6.07) is 11.4. The van der Waals surface area contributed by atoms with Crippen LogP contribution in [0.3, 0.4) is 0 Å². The Kier molecular flexibility index (Phi) is 6.60. The number of benzene rings is 2. The van der Waals surface area contributed by atoms with Crippen molar-refractivity contribution in [2.45, 2.75) is 78.2 Å². The predicted molar refractivity (Wildman–Crippen MR) is 144 cm³/mol. The van der Waals surface area contributed by atoms with Crippen LogP contribution in [0.25, 0.3) is 0 Å². The molecule has 1 saturated carbocycles. The second-order valence-corrected chi connectivity index (χ2v) is 10.9. The van der Waals surface area contributed by atoms with E-state index in [1.54, 1.807) is 12.1 Å². The number of hydrogen-bond donors (Lipinski definition) is 0. The third kappa shape index (κ3) is 4.11. The molecule has 1 spiro atoms. The topological polar surface area (TPSA) is 18.8 Å². The van der Waals surface area contributed by atoms with Crippen molar-refractivity contribution in [2.75, 3.05) is 18.0 Å². The summed E-state index contributed by atoms with van der Waals surface area (Å²) in [4.78, 5) is 11.3. The average Bonchev–Trinajstić information content (AvgIpc) is 3.05. The van der Waals surface area contributed by atoms with Crippen LogP contribution >= 0.6 is 12.2 Å². The summed E-state index contributed by atoms with van der Waals surface area (Å²) in [5.41, 5.74) is 5.54. The number of anilines is 1. The number of piperidine rings is 1. The van der Waals surface area contributed by atoms with E-state index in [4.69, 9.17) is 17.2 Å². The zero-order valence-electron chi connectivity index (χ0n) is 20.7. The quantitative estimate of drug-likeness (QED) is 0.428. The molecular weight excluding hydrogens is 441 g/mol. The van der Waals surface area contributed by atoms with Crippen LogP contribution in [0.1, 0.15) is 68.1 Å². The summed E-state index contributed by atoms with van der Waals surface area (Å²) >= 11 is 6.34. The van der Waals surface area contributed by atoms with Gasteiger partial charge in [0.15, 0.2) is 0 Å². The van der Waals surface area contributed by atoms with Gasteiger partial charge in [-0.05, 0) is 94.9 Å². The van der Waals surface area contributed by atoms with Gasteiger partial charge in [0.2, 0.25) is 0 Å². The summed E-state index contributed by atoms with van der Waals surface area (Å²) in [5, 5.41) is 0. The van der Waals surface area contributed by atoms with E-state index in [2.05, 4.69) is 42.7 Å². The first-order valence-corrected chi connectivity index (χ1v) is 13.3. The van der Waals surface area contributed by atoms with E-state index in [-0.39, 0.29) is 17.3 Å². The molecule has 3 nitrogen and oxygen atoms in total. The lowest BCUT2D eigenvalue weighted by molar-refractivity contribution is 0.113. The zero-order valence-corrected chi connectivity index (χ0v) is 21.6. The van der Waals surface area contributed by atoms with Gasteiger partial charge in [0.25, 0.3) is 0 Å². The SMILES string of the molecule is Cc1cc(C)c(N=C2[C@@H](N3CCCCC3)C3(CCCCC3)C(=S)N2c2ccc(F)cc2)c(C)c1. The van der Waals surface area contributed by atoms with Gasteiger partial charge in [0.05, 0.1) is 16.7 Å². The number of rotatable bonds is 3. The Labute approximate surface area is 209 Å². The third-order valence-corrected chi connectivity index (χ3v) is 8.66. The minimum atomic E-state index is -0.225. The van der Waals surface area contributed by atoms with E-state index >= 15 is 0 Å². The maximum atomic E-state index is 13.9. The Balaban J connectivity index is 1.72. The molecule has 0 aromatic heterocycles. The molecular formula is C29H36FN3S. The molecule has 0 unspecified atom stereocenters. The number of halogens is 1. The lowest BCUT2D eigenvalue weighted by Gasteiger charge is -2.44. The highest BCUT2D eigenvalue weighted by Gasteiger charge is 2.57. The minimum Gasteiger partial charge on any atom is -0.293 e. The van der Waals surface area contributed by atoms with Crippen molar-refractivity contribution in [1.82, 2.24) is 4.90 Å². The third-order valence-electron chi connectivity index (χ3n) is 8.07. The van der Waals surface area contributed by atoms with E-state index in [9.17, 15) is 4.39 Å². The Morgan fingerprint density at radius 3 is 2.09 bits per heavy atom. The molecule has 3 fully saturated rings. The monoisotopic (exact) mass is 477 g/mol. The van der Waals surface area contributed by atoms with E-state index in [0.717, 1.165) is 48.1 Å². The van der Waals surface area contributed by atoms with Crippen LogP contribution in [0.5, 0.6) is 0 Å². The summed E-state index contributed by atoms with van der Waals surface area (Å²) < 4.78 is 13.9. The number of likely N-dealkylation sites (tertiary alicyclic amines) is 1. The zero-order chi connectivity index (χ0) is 23.9. The number of nitrogens with zero attached hydrogens (tertiary/aromatic N) is 3. The van der Waals surface area contributed by atoms with Crippen LogP contribution in [0, 0.1) is 32.0 Å². The molecule has 1 atom stereocenters. The first kappa shape index (κ1) is 23.6. The second-order valence-electron chi connectivity index (χ2n) is 10.6. The summed E-state index contributed by atoms with van der Waals surface area (Å²) in [7, 11) is 0.